The topological polar surface area (TPSA) is 99.9 Å². The molecule has 2 amide bonds. The predicted octanol–water partition coefficient (Wildman–Crippen LogP) is 3.23. The molecule has 1 atom stereocenters. The van der Waals surface area contributed by atoms with Gasteiger partial charge in [-0.05, 0) is 44.0 Å². The van der Waals surface area contributed by atoms with E-state index in [2.05, 4.69) is 5.32 Å². The summed E-state index contributed by atoms with van der Waals surface area (Å²) in [5, 5.41) is 12.2. The zero-order valence-electron chi connectivity index (χ0n) is 14.2. The van der Waals surface area contributed by atoms with Gasteiger partial charge in [0.15, 0.2) is 5.76 Å². The molecule has 0 fully saturated rings. The summed E-state index contributed by atoms with van der Waals surface area (Å²) in [5.41, 5.74) is 0.684. The van der Waals surface area contributed by atoms with Gasteiger partial charge in [0.2, 0.25) is 0 Å². The Morgan fingerprint density at radius 1 is 1.40 bits per heavy atom. The minimum atomic E-state index is -1.06. The molecular formula is C17H20N2O5S. The zero-order valence-corrected chi connectivity index (χ0v) is 15.1. The molecule has 0 saturated carbocycles. The second kappa shape index (κ2) is 7.98. The van der Waals surface area contributed by atoms with Crippen molar-refractivity contribution in [2.75, 3.05) is 11.9 Å². The van der Waals surface area contributed by atoms with Crippen LogP contribution < -0.4 is 5.32 Å². The maximum absolute atomic E-state index is 12.8. The van der Waals surface area contributed by atoms with Gasteiger partial charge in [0.1, 0.15) is 6.54 Å². The fraction of sp³-hybridized carbons (Fsp3) is 0.353. The molecule has 25 heavy (non-hydrogen) atoms. The number of hydrogen-bond donors (Lipinski definition) is 2. The van der Waals surface area contributed by atoms with Crippen LogP contribution in [0.3, 0.4) is 0 Å². The molecule has 8 heteroatoms. The molecule has 2 heterocycles. The number of carboxylic acids is 1. The molecular weight excluding hydrogens is 344 g/mol. The molecule has 0 aliphatic carbocycles. The van der Waals surface area contributed by atoms with E-state index in [0.29, 0.717) is 21.9 Å². The molecule has 2 aromatic rings. The van der Waals surface area contributed by atoms with E-state index < -0.39 is 11.9 Å². The standard InChI is InChI=1S/C17H20N2O5S/c1-4-11(3)19(9-14(20)21)17(23)15-10(2)8-13(25-15)18-16(22)12-6-5-7-24-12/h5-8,11H,4,9H2,1-3H3,(H,18,22)(H,20,21). The van der Waals surface area contributed by atoms with Crippen LogP contribution in [-0.4, -0.2) is 40.4 Å². The first kappa shape index (κ1) is 18.7. The lowest BCUT2D eigenvalue weighted by molar-refractivity contribution is -0.138. The maximum atomic E-state index is 12.8. The third-order valence-corrected chi connectivity index (χ3v) is 4.92. The zero-order chi connectivity index (χ0) is 18.6. The molecule has 0 saturated heterocycles. The predicted molar refractivity (Wildman–Crippen MR) is 94.1 cm³/mol. The molecule has 2 aromatic heterocycles. The van der Waals surface area contributed by atoms with Gasteiger partial charge in [-0.25, -0.2) is 0 Å². The van der Waals surface area contributed by atoms with Crippen molar-refractivity contribution in [3.8, 4) is 0 Å². The highest BCUT2D eigenvalue weighted by atomic mass is 32.1. The molecule has 0 aromatic carbocycles. The fourth-order valence-corrected chi connectivity index (χ4v) is 3.29. The van der Waals surface area contributed by atoms with Gasteiger partial charge in [-0.15, -0.1) is 11.3 Å². The van der Waals surface area contributed by atoms with Crippen LogP contribution in [0.5, 0.6) is 0 Å². The Hall–Kier alpha value is -2.61. The number of amides is 2. The van der Waals surface area contributed by atoms with Crippen molar-refractivity contribution in [1.82, 2.24) is 4.90 Å². The van der Waals surface area contributed by atoms with Crippen LogP contribution in [-0.2, 0) is 4.79 Å². The van der Waals surface area contributed by atoms with Crippen molar-refractivity contribution in [2.24, 2.45) is 0 Å². The first-order valence-corrected chi connectivity index (χ1v) is 8.63. The van der Waals surface area contributed by atoms with Gasteiger partial charge < -0.3 is 19.7 Å². The van der Waals surface area contributed by atoms with Crippen LogP contribution in [0, 0.1) is 6.92 Å². The van der Waals surface area contributed by atoms with Gasteiger partial charge in [0.25, 0.3) is 11.8 Å². The number of thiophene rings is 1. The number of rotatable bonds is 7. The second-order valence-electron chi connectivity index (χ2n) is 5.64. The lowest BCUT2D eigenvalue weighted by Crippen LogP contribution is -2.41. The van der Waals surface area contributed by atoms with Gasteiger partial charge in [-0.2, -0.15) is 0 Å². The quantitative estimate of drug-likeness (QED) is 0.786. The van der Waals surface area contributed by atoms with Crippen molar-refractivity contribution in [3.05, 3.63) is 40.7 Å². The summed E-state index contributed by atoms with van der Waals surface area (Å²) in [6.07, 6.45) is 2.05. The Balaban J connectivity index is 2.21. The smallest absolute Gasteiger partial charge is 0.323 e. The molecule has 0 aliphatic rings. The average Bonchev–Trinajstić information content (AvgIpc) is 3.21. The van der Waals surface area contributed by atoms with Gasteiger partial charge in [0, 0.05) is 6.04 Å². The van der Waals surface area contributed by atoms with Gasteiger partial charge in [-0.3, -0.25) is 14.4 Å². The van der Waals surface area contributed by atoms with Crippen molar-refractivity contribution in [3.63, 3.8) is 0 Å². The summed E-state index contributed by atoms with van der Waals surface area (Å²) in [6, 6.07) is 4.64. The number of aryl methyl sites for hydroxylation is 1. The van der Waals surface area contributed by atoms with E-state index in [4.69, 9.17) is 9.52 Å². The van der Waals surface area contributed by atoms with E-state index in [0.717, 1.165) is 11.3 Å². The van der Waals surface area contributed by atoms with E-state index in [-0.39, 0.29) is 24.3 Å². The van der Waals surface area contributed by atoms with Crippen molar-refractivity contribution >= 4 is 34.1 Å². The molecule has 0 spiro atoms. The number of anilines is 1. The van der Waals surface area contributed by atoms with Gasteiger partial charge in [0.05, 0.1) is 16.1 Å². The average molecular weight is 364 g/mol. The summed E-state index contributed by atoms with van der Waals surface area (Å²) < 4.78 is 5.03. The molecule has 1 unspecified atom stereocenters. The molecule has 2 N–H and O–H groups in total. The highest BCUT2D eigenvalue weighted by molar-refractivity contribution is 7.18. The Bertz CT molecular complexity index is 766. The Morgan fingerprint density at radius 2 is 2.12 bits per heavy atom. The first-order valence-electron chi connectivity index (χ1n) is 7.81. The minimum absolute atomic E-state index is 0.172. The van der Waals surface area contributed by atoms with Crippen molar-refractivity contribution < 1.29 is 23.9 Å². The van der Waals surface area contributed by atoms with Crippen LogP contribution in [0.25, 0.3) is 0 Å². The van der Waals surface area contributed by atoms with Crippen LogP contribution in [0.15, 0.2) is 28.9 Å². The summed E-state index contributed by atoms with van der Waals surface area (Å²) in [7, 11) is 0. The number of carbonyl (C=O) groups is 3. The molecule has 0 aliphatic heterocycles. The number of furan rings is 1. The SMILES string of the molecule is CCC(C)N(CC(=O)O)C(=O)c1sc(NC(=O)c2ccco2)cc1C. The van der Waals surface area contributed by atoms with Crippen LogP contribution in [0.2, 0.25) is 0 Å². The summed E-state index contributed by atoms with van der Waals surface area (Å²) in [4.78, 5) is 37.6. The first-order chi connectivity index (χ1) is 11.8. The van der Waals surface area contributed by atoms with Crippen LogP contribution in [0.4, 0.5) is 5.00 Å². The monoisotopic (exact) mass is 364 g/mol. The number of nitrogens with zero attached hydrogens (tertiary/aromatic N) is 1. The molecule has 2 rings (SSSR count). The number of aliphatic carboxylic acids is 1. The van der Waals surface area contributed by atoms with E-state index in [1.54, 1.807) is 25.1 Å². The Kier molecular flexibility index (Phi) is 5.97. The van der Waals surface area contributed by atoms with Crippen LogP contribution >= 0.6 is 11.3 Å². The van der Waals surface area contributed by atoms with Gasteiger partial charge in [-0.1, -0.05) is 6.92 Å². The number of hydrogen-bond acceptors (Lipinski definition) is 5. The third-order valence-electron chi connectivity index (χ3n) is 3.78. The summed E-state index contributed by atoms with van der Waals surface area (Å²) in [5.74, 6) is -1.65. The minimum Gasteiger partial charge on any atom is -0.480 e. The Labute approximate surface area is 149 Å². The van der Waals surface area contributed by atoms with E-state index in [1.807, 2.05) is 13.8 Å². The van der Waals surface area contributed by atoms with E-state index in [9.17, 15) is 14.4 Å². The normalized spacial score (nSPS) is 11.8. The molecule has 0 radical (unpaired) electrons. The van der Waals surface area contributed by atoms with E-state index >= 15 is 0 Å². The third kappa shape index (κ3) is 4.48. The summed E-state index contributed by atoms with van der Waals surface area (Å²) in [6.45, 7) is 5.09. The number of carbonyl (C=O) groups excluding carboxylic acids is 2. The molecule has 7 nitrogen and oxygen atoms in total. The fourth-order valence-electron chi connectivity index (χ4n) is 2.26. The van der Waals surface area contributed by atoms with Crippen LogP contribution in [0.1, 0.15) is 46.1 Å². The maximum Gasteiger partial charge on any atom is 0.323 e. The molecule has 134 valence electrons. The van der Waals surface area contributed by atoms with Crippen molar-refractivity contribution in [2.45, 2.75) is 33.2 Å². The summed E-state index contributed by atoms with van der Waals surface area (Å²) >= 11 is 1.12. The second-order valence-corrected chi connectivity index (χ2v) is 6.69. The van der Waals surface area contributed by atoms with Crippen molar-refractivity contribution in [1.29, 1.82) is 0 Å². The molecule has 0 bridgehead atoms. The highest BCUT2D eigenvalue weighted by Crippen LogP contribution is 2.29. The van der Waals surface area contributed by atoms with Gasteiger partial charge >= 0.3 is 5.97 Å². The Morgan fingerprint density at radius 3 is 2.68 bits per heavy atom. The van der Waals surface area contributed by atoms with E-state index in [1.165, 1.54) is 11.2 Å². The number of nitrogens with one attached hydrogen (secondary N) is 1. The largest absolute Gasteiger partial charge is 0.480 e. The lowest BCUT2D eigenvalue weighted by atomic mass is 10.2. The number of carboxylic acid groups (broad SMARTS) is 1. The highest BCUT2D eigenvalue weighted by Gasteiger charge is 2.26. The lowest BCUT2D eigenvalue weighted by Gasteiger charge is -2.26.